The maximum Gasteiger partial charge on any atom is 0.219 e. The number of hydrogen-bond acceptors (Lipinski definition) is 4. The van der Waals surface area contributed by atoms with Crippen LogP contribution < -0.4 is 0 Å². The molecule has 0 unspecified atom stereocenters. The van der Waals surface area contributed by atoms with E-state index in [-0.39, 0.29) is 6.29 Å². The van der Waals surface area contributed by atoms with Gasteiger partial charge in [-0.3, -0.25) is 0 Å². The number of nitrogens with zero attached hydrogens (tertiary/aromatic N) is 2. The smallest absolute Gasteiger partial charge is 0.219 e. The lowest BCUT2D eigenvalue weighted by Crippen LogP contribution is -2.27. The number of aromatic nitrogens is 2. The third-order valence-electron chi connectivity index (χ3n) is 4.82. The highest BCUT2D eigenvalue weighted by Gasteiger charge is 2.23. The summed E-state index contributed by atoms with van der Waals surface area (Å²) < 4.78 is 25.6. The minimum absolute atomic E-state index is 0.327. The van der Waals surface area contributed by atoms with E-state index in [1.807, 2.05) is 31.2 Å². The van der Waals surface area contributed by atoms with Crippen LogP contribution in [0, 0.1) is 11.9 Å². The fourth-order valence-corrected chi connectivity index (χ4v) is 3.14. The van der Waals surface area contributed by atoms with Crippen LogP contribution in [-0.4, -0.2) is 23.2 Å². The van der Waals surface area contributed by atoms with Crippen molar-refractivity contribution in [3.63, 3.8) is 0 Å². The molecule has 1 aliphatic heterocycles. The summed E-state index contributed by atoms with van der Waals surface area (Å²) in [6.07, 6.45) is 6.71. The molecule has 0 radical (unpaired) electrons. The van der Waals surface area contributed by atoms with Crippen molar-refractivity contribution in [3.05, 3.63) is 47.5 Å². The number of hydrogen-bond donors (Lipinski definition) is 0. The number of rotatable bonds is 7. The summed E-state index contributed by atoms with van der Waals surface area (Å²) in [5, 5.41) is 0. The number of halogens is 1. The molecule has 2 aromatic rings. The van der Waals surface area contributed by atoms with Crippen LogP contribution in [0.25, 0.3) is 11.4 Å². The molecule has 1 saturated heterocycles. The molecule has 4 nitrogen and oxygen atoms in total. The molecule has 26 heavy (non-hydrogen) atoms. The van der Waals surface area contributed by atoms with Crippen LogP contribution in [-0.2, 0) is 15.9 Å². The molecule has 1 aromatic carbocycles. The molecule has 3 rings (SSSR count). The van der Waals surface area contributed by atoms with E-state index in [0.717, 1.165) is 30.8 Å². The van der Waals surface area contributed by atoms with Gasteiger partial charge in [0.15, 0.2) is 12.1 Å². The van der Waals surface area contributed by atoms with Crippen molar-refractivity contribution in [1.29, 1.82) is 0 Å². The van der Waals surface area contributed by atoms with Gasteiger partial charge in [0.1, 0.15) is 0 Å². The van der Waals surface area contributed by atoms with E-state index in [2.05, 4.69) is 16.9 Å². The van der Waals surface area contributed by atoms with E-state index < -0.39 is 5.95 Å². The number of ether oxygens (including phenoxy) is 2. The number of benzene rings is 1. The lowest BCUT2D eigenvalue weighted by molar-refractivity contribution is -0.206. The predicted octanol–water partition coefficient (Wildman–Crippen LogP) is 5.09. The van der Waals surface area contributed by atoms with Gasteiger partial charge in [-0.05, 0) is 12.8 Å². The van der Waals surface area contributed by atoms with E-state index >= 15 is 0 Å². The van der Waals surface area contributed by atoms with Gasteiger partial charge < -0.3 is 9.47 Å². The van der Waals surface area contributed by atoms with Crippen LogP contribution in [0.15, 0.2) is 30.5 Å². The highest BCUT2D eigenvalue weighted by atomic mass is 19.1. The summed E-state index contributed by atoms with van der Waals surface area (Å²) in [5.41, 5.74) is 2.28. The fourth-order valence-electron chi connectivity index (χ4n) is 3.14. The first-order chi connectivity index (χ1) is 12.7. The van der Waals surface area contributed by atoms with Crippen molar-refractivity contribution < 1.29 is 13.9 Å². The van der Waals surface area contributed by atoms with Crippen molar-refractivity contribution in [1.82, 2.24) is 9.97 Å². The summed E-state index contributed by atoms with van der Waals surface area (Å²) in [5.74, 6) is 0.438. The Hall–Kier alpha value is -1.85. The number of unbranched alkanes of at least 4 members (excludes halogenated alkanes) is 2. The Bertz CT molecular complexity index is 698. The molecule has 0 spiro atoms. The van der Waals surface area contributed by atoms with Gasteiger partial charge in [0.2, 0.25) is 5.95 Å². The minimum atomic E-state index is -0.449. The molecule has 0 atom stereocenters. The van der Waals surface area contributed by atoms with E-state index in [4.69, 9.17) is 9.47 Å². The van der Waals surface area contributed by atoms with Crippen LogP contribution in [0.2, 0.25) is 0 Å². The van der Waals surface area contributed by atoms with Crippen LogP contribution in [0.5, 0.6) is 0 Å². The number of aryl methyl sites for hydroxylation is 1. The molecule has 1 aliphatic rings. The van der Waals surface area contributed by atoms with E-state index in [0.29, 0.717) is 23.7 Å². The SMILES string of the molecule is CCCCCC1COC(c2ccc(-c3ncc(CC)c(F)n3)cc2)OC1. The largest absolute Gasteiger partial charge is 0.348 e. The Balaban J connectivity index is 1.59. The Morgan fingerprint density at radius 3 is 2.42 bits per heavy atom. The molecule has 2 heterocycles. The van der Waals surface area contributed by atoms with Gasteiger partial charge in [-0.15, -0.1) is 0 Å². The first-order valence-electron chi connectivity index (χ1n) is 9.56. The second-order valence-electron chi connectivity index (χ2n) is 6.85. The lowest BCUT2D eigenvalue weighted by atomic mass is 10.0. The second kappa shape index (κ2) is 9.19. The van der Waals surface area contributed by atoms with Gasteiger partial charge in [0.25, 0.3) is 0 Å². The summed E-state index contributed by atoms with van der Waals surface area (Å²) in [6.45, 7) is 5.58. The van der Waals surface area contributed by atoms with Crippen LogP contribution in [0.3, 0.4) is 0 Å². The maximum atomic E-state index is 13.9. The first-order valence-corrected chi connectivity index (χ1v) is 9.56. The van der Waals surface area contributed by atoms with Crippen LogP contribution >= 0.6 is 0 Å². The van der Waals surface area contributed by atoms with Gasteiger partial charge in [-0.2, -0.15) is 9.37 Å². The average Bonchev–Trinajstić information content (AvgIpc) is 2.69. The highest BCUT2D eigenvalue weighted by Crippen LogP contribution is 2.28. The third kappa shape index (κ3) is 4.65. The quantitative estimate of drug-likeness (QED) is 0.511. The van der Waals surface area contributed by atoms with Crippen LogP contribution in [0.1, 0.15) is 56.9 Å². The molecular formula is C21H27FN2O2. The van der Waals surface area contributed by atoms with Crippen LogP contribution in [0.4, 0.5) is 4.39 Å². The molecule has 0 bridgehead atoms. The first kappa shape index (κ1) is 18.9. The van der Waals surface area contributed by atoms with Gasteiger partial charge in [-0.1, -0.05) is 57.4 Å². The summed E-state index contributed by atoms with van der Waals surface area (Å²) in [7, 11) is 0. The Kier molecular flexibility index (Phi) is 6.69. The predicted molar refractivity (Wildman–Crippen MR) is 99.1 cm³/mol. The van der Waals surface area contributed by atoms with Gasteiger partial charge >= 0.3 is 0 Å². The summed E-state index contributed by atoms with van der Waals surface area (Å²) in [4.78, 5) is 8.22. The van der Waals surface area contributed by atoms with E-state index in [1.165, 1.54) is 19.3 Å². The summed E-state index contributed by atoms with van der Waals surface area (Å²) >= 11 is 0. The van der Waals surface area contributed by atoms with Gasteiger partial charge in [0.05, 0.1) is 13.2 Å². The topological polar surface area (TPSA) is 44.2 Å². The standard InChI is InChI=1S/C21H27FN2O2/c1-3-5-6-7-15-13-25-21(26-14-15)18-10-8-17(9-11-18)20-23-12-16(4-2)19(22)24-20/h8-12,15,21H,3-7,13-14H2,1-2H3. The molecule has 140 valence electrons. The van der Waals surface area contributed by atoms with Crippen molar-refractivity contribution >= 4 is 0 Å². The minimum Gasteiger partial charge on any atom is -0.348 e. The average molecular weight is 358 g/mol. The third-order valence-corrected chi connectivity index (χ3v) is 4.82. The fraction of sp³-hybridized carbons (Fsp3) is 0.524. The zero-order valence-electron chi connectivity index (χ0n) is 15.6. The molecule has 0 aliphatic carbocycles. The second-order valence-corrected chi connectivity index (χ2v) is 6.85. The molecule has 1 aromatic heterocycles. The van der Waals surface area contributed by atoms with Crippen molar-refractivity contribution in [2.75, 3.05) is 13.2 Å². The lowest BCUT2D eigenvalue weighted by Gasteiger charge is -2.29. The molecule has 1 fully saturated rings. The maximum absolute atomic E-state index is 13.9. The normalized spacial score (nSPS) is 20.3. The van der Waals surface area contributed by atoms with Crippen molar-refractivity contribution in [2.24, 2.45) is 5.92 Å². The highest BCUT2D eigenvalue weighted by molar-refractivity contribution is 5.55. The van der Waals surface area contributed by atoms with Crippen molar-refractivity contribution in [3.8, 4) is 11.4 Å². The van der Waals surface area contributed by atoms with Gasteiger partial charge in [0, 0.05) is 28.8 Å². The van der Waals surface area contributed by atoms with E-state index in [1.54, 1.807) is 6.20 Å². The Labute approximate surface area is 154 Å². The molecule has 0 amide bonds. The monoisotopic (exact) mass is 358 g/mol. The Morgan fingerprint density at radius 1 is 1.08 bits per heavy atom. The molecule has 0 N–H and O–H groups in total. The molecular weight excluding hydrogens is 331 g/mol. The van der Waals surface area contributed by atoms with Crippen molar-refractivity contribution in [2.45, 2.75) is 52.2 Å². The molecule has 0 saturated carbocycles. The van der Waals surface area contributed by atoms with Gasteiger partial charge in [-0.25, -0.2) is 4.98 Å². The zero-order chi connectivity index (χ0) is 18.4. The Morgan fingerprint density at radius 2 is 1.81 bits per heavy atom. The zero-order valence-corrected chi connectivity index (χ0v) is 15.6. The molecule has 5 heteroatoms. The van der Waals surface area contributed by atoms with E-state index in [9.17, 15) is 4.39 Å². The summed E-state index contributed by atoms with van der Waals surface area (Å²) in [6, 6.07) is 7.64.